The molecule has 0 aliphatic heterocycles. The molecule has 2 aromatic rings. The Morgan fingerprint density at radius 2 is 1.89 bits per heavy atom. The number of fused-ring (bicyclic) bond motifs is 1. The largest absolute Gasteiger partial charge is 0.433 e. The second-order valence-electron chi connectivity index (χ2n) is 3.48. The fourth-order valence-corrected chi connectivity index (χ4v) is 1.72. The minimum Gasteiger partial charge on any atom is -0.323 e. The van der Waals surface area contributed by atoms with Crippen LogP contribution in [0.15, 0.2) is 18.2 Å². The lowest BCUT2D eigenvalue weighted by atomic mass is 10.1. The third-order valence-corrected chi connectivity index (χ3v) is 2.50. The highest BCUT2D eigenvalue weighted by atomic mass is 35.5. The summed E-state index contributed by atoms with van der Waals surface area (Å²) in [6.07, 6.45) is -4.69. The van der Waals surface area contributed by atoms with E-state index in [4.69, 9.17) is 17.4 Å². The molecule has 3 nitrogen and oxygen atoms in total. The topological polar surface area (TPSA) is 50.9 Å². The normalized spacial score (nSPS) is 11.9. The van der Waals surface area contributed by atoms with E-state index in [9.17, 15) is 17.6 Å². The predicted octanol–water partition coefficient (Wildman–Crippen LogP) is 3.33. The number of hydrazine groups is 1. The SMILES string of the molecule is NNc1cc(C(F)(F)F)nc2c(F)cc(Cl)cc12. The van der Waals surface area contributed by atoms with Gasteiger partial charge in [-0.2, -0.15) is 13.2 Å². The Balaban J connectivity index is 2.84. The standard InChI is InChI=1S/C10H6ClF4N3/c11-4-1-5-7(18-16)3-8(10(13,14)15)17-9(5)6(12)2-4/h1-3H,16H2,(H,17,18). The lowest BCUT2D eigenvalue weighted by molar-refractivity contribution is -0.140. The summed E-state index contributed by atoms with van der Waals surface area (Å²) in [7, 11) is 0. The quantitative estimate of drug-likeness (QED) is 0.478. The first-order chi connectivity index (χ1) is 8.32. The van der Waals surface area contributed by atoms with E-state index in [0.717, 1.165) is 6.07 Å². The van der Waals surface area contributed by atoms with Gasteiger partial charge in [-0.15, -0.1) is 0 Å². The highest BCUT2D eigenvalue weighted by molar-refractivity contribution is 6.31. The van der Waals surface area contributed by atoms with E-state index < -0.39 is 23.2 Å². The van der Waals surface area contributed by atoms with Crippen molar-refractivity contribution in [3.8, 4) is 0 Å². The molecule has 8 heteroatoms. The molecule has 0 aliphatic carbocycles. The molecule has 3 N–H and O–H groups in total. The maximum atomic E-state index is 13.5. The van der Waals surface area contributed by atoms with E-state index in [2.05, 4.69) is 10.4 Å². The van der Waals surface area contributed by atoms with E-state index in [1.807, 2.05) is 0 Å². The predicted molar refractivity (Wildman–Crippen MR) is 59.5 cm³/mol. The molecule has 0 bridgehead atoms. The average molecular weight is 280 g/mol. The van der Waals surface area contributed by atoms with Gasteiger partial charge in [0, 0.05) is 10.4 Å². The molecule has 1 aromatic carbocycles. The third kappa shape index (κ3) is 2.19. The molecule has 2 rings (SSSR count). The summed E-state index contributed by atoms with van der Waals surface area (Å²) >= 11 is 5.62. The van der Waals surface area contributed by atoms with Gasteiger partial charge in [0.15, 0.2) is 5.82 Å². The van der Waals surface area contributed by atoms with Gasteiger partial charge in [-0.1, -0.05) is 11.6 Å². The van der Waals surface area contributed by atoms with Crippen LogP contribution in [0.4, 0.5) is 23.2 Å². The van der Waals surface area contributed by atoms with Crippen LogP contribution in [0.2, 0.25) is 5.02 Å². The highest BCUT2D eigenvalue weighted by Crippen LogP contribution is 2.34. The van der Waals surface area contributed by atoms with Crippen LogP contribution in [-0.2, 0) is 6.18 Å². The molecule has 0 radical (unpaired) electrons. The van der Waals surface area contributed by atoms with Crippen LogP contribution >= 0.6 is 11.6 Å². The van der Waals surface area contributed by atoms with Crippen LogP contribution in [0.5, 0.6) is 0 Å². The zero-order valence-electron chi connectivity index (χ0n) is 8.65. The molecule has 0 saturated carbocycles. The van der Waals surface area contributed by atoms with Crippen molar-refractivity contribution in [2.75, 3.05) is 5.43 Å². The van der Waals surface area contributed by atoms with Gasteiger partial charge in [-0.05, 0) is 18.2 Å². The number of nitrogens with two attached hydrogens (primary N) is 1. The fourth-order valence-electron chi connectivity index (χ4n) is 1.52. The van der Waals surface area contributed by atoms with E-state index in [1.165, 1.54) is 6.07 Å². The number of nitrogens with zero attached hydrogens (tertiary/aromatic N) is 1. The minimum absolute atomic E-state index is 0.0399. The molecular weight excluding hydrogens is 274 g/mol. The van der Waals surface area contributed by atoms with Crippen molar-refractivity contribution in [1.29, 1.82) is 0 Å². The number of pyridine rings is 1. The summed E-state index contributed by atoms with van der Waals surface area (Å²) < 4.78 is 51.2. The van der Waals surface area contributed by atoms with E-state index in [0.29, 0.717) is 6.07 Å². The minimum atomic E-state index is -4.69. The molecule has 0 amide bonds. The van der Waals surface area contributed by atoms with Crippen LogP contribution in [-0.4, -0.2) is 4.98 Å². The Morgan fingerprint density at radius 3 is 2.44 bits per heavy atom. The maximum Gasteiger partial charge on any atom is 0.433 e. The lowest BCUT2D eigenvalue weighted by Gasteiger charge is -2.11. The molecular formula is C10H6ClF4N3. The number of aromatic nitrogens is 1. The van der Waals surface area contributed by atoms with Crippen molar-refractivity contribution in [3.05, 3.63) is 34.7 Å². The van der Waals surface area contributed by atoms with Gasteiger partial charge in [0.05, 0.1) is 5.69 Å². The first-order valence-electron chi connectivity index (χ1n) is 4.66. The number of benzene rings is 1. The third-order valence-electron chi connectivity index (χ3n) is 2.28. The summed E-state index contributed by atoms with van der Waals surface area (Å²) in [5.74, 6) is 4.17. The molecule has 1 heterocycles. The molecule has 18 heavy (non-hydrogen) atoms. The number of halogens is 5. The van der Waals surface area contributed by atoms with Crippen molar-refractivity contribution in [1.82, 2.24) is 4.98 Å². The number of nitrogens with one attached hydrogen (secondary N) is 1. The molecule has 0 fully saturated rings. The first-order valence-corrected chi connectivity index (χ1v) is 5.04. The summed E-state index contributed by atoms with van der Waals surface area (Å²) in [6.45, 7) is 0. The first kappa shape index (κ1) is 12.8. The van der Waals surface area contributed by atoms with Crippen LogP contribution < -0.4 is 11.3 Å². The fraction of sp³-hybridized carbons (Fsp3) is 0.100. The molecule has 0 saturated heterocycles. The van der Waals surface area contributed by atoms with Crippen LogP contribution in [0, 0.1) is 5.82 Å². The number of rotatable bonds is 1. The summed E-state index contributed by atoms with van der Waals surface area (Å²) in [5.41, 5.74) is 0.294. The zero-order chi connectivity index (χ0) is 13.5. The number of anilines is 1. The van der Waals surface area contributed by atoms with Crippen molar-refractivity contribution in [2.24, 2.45) is 5.84 Å². The van der Waals surface area contributed by atoms with Crippen LogP contribution in [0.3, 0.4) is 0 Å². The Bertz CT molecular complexity index is 612. The number of alkyl halides is 3. The molecule has 96 valence electrons. The highest BCUT2D eigenvalue weighted by Gasteiger charge is 2.33. The number of hydrogen-bond acceptors (Lipinski definition) is 3. The molecule has 0 spiro atoms. The number of hydrogen-bond donors (Lipinski definition) is 2. The van der Waals surface area contributed by atoms with Crippen molar-refractivity contribution in [3.63, 3.8) is 0 Å². The molecule has 1 aromatic heterocycles. The average Bonchev–Trinajstić information content (AvgIpc) is 2.26. The van der Waals surface area contributed by atoms with Crippen LogP contribution in [0.1, 0.15) is 5.69 Å². The monoisotopic (exact) mass is 279 g/mol. The van der Waals surface area contributed by atoms with E-state index >= 15 is 0 Å². The molecule has 0 aliphatic rings. The van der Waals surface area contributed by atoms with Gasteiger partial charge < -0.3 is 5.43 Å². The molecule has 0 atom stereocenters. The lowest BCUT2D eigenvalue weighted by Crippen LogP contribution is -2.13. The van der Waals surface area contributed by atoms with E-state index in [1.54, 1.807) is 0 Å². The van der Waals surface area contributed by atoms with Gasteiger partial charge >= 0.3 is 6.18 Å². The van der Waals surface area contributed by atoms with Gasteiger partial charge in [-0.3, -0.25) is 5.84 Å². The van der Waals surface area contributed by atoms with Crippen molar-refractivity contribution >= 4 is 28.2 Å². The second kappa shape index (κ2) is 4.25. The maximum absolute atomic E-state index is 13.5. The second-order valence-corrected chi connectivity index (χ2v) is 3.92. The van der Waals surface area contributed by atoms with Crippen LogP contribution in [0.25, 0.3) is 10.9 Å². The summed E-state index contributed by atoms with van der Waals surface area (Å²) in [5, 5.41) is 0.119. The Hall–Kier alpha value is -1.60. The summed E-state index contributed by atoms with van der Waals surface area (Å²) in [4.78, 5) is 3.24. The Labute approximate surface area is 104 Å². The van der Waals surface area contributed by atoms with Gasteiger partial charge in [-0.25, -0.2) is 9.37 Å². The zero-order valence-corrected chi connectivity index (χ0v) is 9.40. The summed E-state index contributed by atoms with van der Waals surface area (Å²) in [6, 6.07) is 2.86. The smallest absolute Gasteiger partial charge is 0.323 e. The van der Waals surface area contributed by atoms with Crippen molar-refractivity contribution in [2.45, 2.75) is 6.18 Å². The Kier molecular flexibility index (Phi) is 3.04. The number of nitrogen functional groups attached to an aromatic ring is 1. The van der Waals surface area contributed by atoms with E-state index in [-0.39, 0.29) is 16.1 Å². The van der Waals surface area contributed by atoms with Gasteiger partial charge in [0.25, 0.3) is 0 Å². The molecule has 0 unspecified atom stereocenters. The Morgan fingerprint density at radius 1 is 1.22 bits per heavy atom. The van der Waals surface area contributed by atoms with Gasteiger partial charge in [0.1, 0.15) is 11.2 Å². The van der Waals surface area contributed by atoms with Crippen molar-refractivity contribution < 1.29 is 17.6 Å². The van der Waals surface area contributed by atoms with Gasteiger partial charge in [0.2, 0.25) is 0 Å².